The summed E-state index contributed by atoms with van der Waals surface area (Å²) in [4.78, 5) is 5.86. The molecule has 1 aliphatic rings. The normalized spacial score (nSPS) is 22.7. The number of aromatic nitrogens is 1. The molecular formula is C14H18N2. The molecule has 2 heteroatoms. The Labute approximate surface area is 96.3 Å². The lowest BCUT2D eigenvalue weighted by molar-refractivity contribution is 0.188. The molecule has 16 heavy (non-hydrogen) atoms. The van der Waals surface area contributed by atoms with Gasteiger partial charge >= 0.3 is 0 Å². The highest BCUT2D eigenvalue weighted by Gasteiger charge is 2.22. The van der Waals surface area contributed by atoms with Gasteiger partial charge in [0.2, 0.25) is 0 Å². The zero-order valence-corrected chi connectivity index (χ0v) is 9.74. The smallest absolute Gasteiger partial charge is 0.0457 e. The van der Waals surface area contributed by atoms with E-state index in [0.717, 1.165) is 0 Å². The van der Waals surface area contributed by atoms with E-state index in [1.165, 1.54) is 42.3 Å². The van der Waals surface area contributed by atoms with Gasteiger partial charge < -0.3 is 4.98 Å². The maximum absolute atomic E-state index is 3.38. The van der Waals surface area contributed by atoms with E-state index in [2.05, 4.69) is 47.4 Å². The van der Waals surface area contributed by atoms with Crippen molar-refractivity contribution in [3.63, 3.8) is 0 Å². The lowest BCUT2D eigenvalue weighted by Crippen LogP contribution is -2.29. The number of rotatable bonds is 1. The summed E-state index contributed by atoms with van der Waals surface area (Å²) in [6, 6.07) is 9.20. The SMILES string of the molecule is CN1CCCC[C@@H]1c1c[nH]c2ccccc12. The molecule has 2 heterocycles. The quantitative estimate of drug-likeness (QED) is 0.771. The molecule has 3 rings (SSSR count). The van der Waals surface area contributed by atoms with Crippen molar-refractivity contribution in [1.29, 1.82) is 0 Å². The number of likely N-dealkylation sites (tertiary alicyclic amines) is 1. The molecule has 0 aliphatic carbocycles. The van der Waals surface area contributed by atoms with E-state index in [4.69, 9.17) is 0 Å². The van der Waals surface area contributed by atoms with Crippen LogP contribution in [0, 0.1) is 0 Å². The van der Waals surface area contributed by atoms with E-state index in [-0.39, 0.29) is 0 Å². The zero-order chi connectivity index (χ0) is 11.0. The van der Waals surface area contributed by atoms with E-state index < -0.39 is 0 Å². The zero-order valence-electron chi connectivity index (χ0n) is 9.74. The number of nitrogens with zero attached hydrogens (tertiary/aromatic N) is 1. The van der Waals surface area contributed by atoms with Gasteiger partial charge in [0.15, 0.2) is 0 Å². The number of fused-ring (bicyclic) bond motifs is 1. The van der Waals surface area contributed by atoms with Crippen molar-refractivity contribution >= 4 is 10.9 Å². The highest BCUT2D eigenvalue weighted by Crippen LogP contribution is 2.33. The van der Waals surface area contributed by atoms with E-state index in [1.54, 1.807) is 0 Å². The van der Waals surface area contributed by atoms with Crippen LogP contribution in [0.2, 0.25) is 0 Å². The molecule has 1 aromatic carbocycles. The Morgan fingerprint density at radius 3 is 3.00 bits per heavy atom. The predicted molar refractivity (Wildman–Crippen MR) is 67.5 cm³/mol. The molecule has 1 saturated heterocycles. The van der Waals surface area contributed by atoms with Crippen molar-refractivity contribution < 1.29 is 0 Å². The van der Waals surface area contributed by atoms with E-state index >= 15 is 0 Å². The fraction of sp³-hybridized carbons (Fsp3) is 0.429. The van der Waals surface area contributed by atoms with Crippen LogP contribution >= 0.6 is 0 Å². The summed E-state index contributed by atoms with van der Waals surface area (Å²) in [5, 5.41) is 1.39. The Balaban J connectivity index is 2.04. The van der Waals surface area contributed by atoms with Crippen LogP contribution in [0.5, 0.6) is 0 Å². The summed E-state index contributed by atoms with van der Waals surface area (Å²) in [5.74, 6) is 0. The molecule has 1 aliphatic heterocycles. The standard InChI is InChI=1S/C14H18N2/c1-16-9-5-4-8-14(16)12-10-15-13-7-3-2-6-11(12)13/h2-3,6-7,10,14-15H,4-5,8-9H2,1H3/t14-/m1/s1. The molecule has 2 aromatic rings. The Morgan fingerprint density at radius 1 is 1.25 bits per heavy atom. The summed E-state index contributed by atoms with van der Waals surface area (Å²) >= 11 is 0. The molecule has 0 radical (unpaired) electrons. The first-order valence-electron chi connectivity index (χ1n) is 6.12. The fourth-order valence-electron chi connectivity index (χ4n) is 2.84. The molecule has 1 N–H and O–H groups in total. The van der Waals surface area contributed by atoms with E-state index in [9.17, 15) is 0 Å². The maximum atomic E-state index is 3.38. The van der Waals surface area contributed by atoms with Crippen LogP contribution in [0.1, 0.15) is 30.9 Å². The molecule has 0 unspecified atom stereocenters. The second-order valence-corrected chi connectivity index (χ2v) is 4.78. The first kappa shape index (κ1) is 9.91. The second-order valence-electron chi connectivity index (χ2n) is 4.78. The molecule has 0 amide bonds. The number of para-hydroxylation sites is 1. The van der Waals surface area contributed by atoms with E-state index in [1.807, 2.05) is 0 Å². The Hall–Kier alpha value is -1.28. The van der Waals surface area contributed by atoms with Gasteiger partial charge in [0.05, 0.1) is 0 Å². The average molecular weight is 214 g/mol. The summed E-state index contributed by atoms with van der Waals surface area (Å²) < 4.78 is 0. The second kappa shape index (κ2) is 3.95. The van der Waals surface area contributed by atoms with Crippen molar-refractivity contribution in [3.8, 4) is 0 Å². The molecule has 0 saturated carbocycles. The van der Waals surface area contributed by atoms with Crippen LogP contribution in [0.15, 0.2) is 30.5 Å². The number of H-pyrrole nitrogens is 1. The van der Waals surface area contributed by atoms with Crippen LogP contribution < -0.4 is 0 Å². The summed E-state index contributed by atoms with van der Waals surface area (Å²) in [6.07, 6.45) is 6.18. The van der Waals surface area contributed by atoms with Gasteiger partial charge in [0, 0.05) is 23.1 Å². The van der Waals surface area contributed by atoms with Crippen molar-refractivity contribution in [1.82, 2.24) is 9.88 Å². The molecule has 0 spiro atoms. The van der Waals surface area contributed by atoms with E-state index in [0.29, 0.717) is 6.04 Å². The maximum Gasteiger partial charge on any atom is 0.0457 e. The van der Waals surface area contributed by atoms with Crippen LogP contribution in [-0.4, -0.2) is 23.5 Å². The Bertz CT molecular complexity index is 486. The third kappa shape index (κ3) is 1.54. The topological polar surface area (TPSA) is 19.0 Å². The van der Waals surface area contributed by atoms with Gasteiger partial charge in [-0.15, -0.1) is 0 Å². The van der Waals surface area contributed by atoms with Crippen molar-refractivity contribution in [2.75, 3.05) is 13.6 Å². The summed E-state index contributed by atoms with van der Waals surface area (Å²) in [6.45, 7) is 1.23. The monoisotopic (exact) mass is 214 g/mol. The van der Waals surface area contributed by atoms with Gasteiger partial charge in [-0.2, -0.15) is 0 Å². The highest BCUT2D eigenvalue weighted by molar-refractivity contribution is 5.83. The van der Waals surface area contributed by atoms with Crippen LogP contribution in [0.4, 0.5) is 0 Å². The van der Waals surface area contributed by atoms with Gasteiger partial charge in [0.25, 0.3) is 0 Å². The number of piperidine rings is 1. The summed E-state index contributed by atoms with van der Waals surface area (Å²) in [5.41, 5.74) is 2.73. The number of benzene rings is 1. The third-order valence-electron chi connectivity index (χ3n) is 3.75. The van der Waals surface area contributed by atoms with Gasteiger partial charge in [-0.05, 0) is 38.1 Å². The van der Waals surface area contributed by atoms with Crippen LogP contribution in [-0.2, 0) is 0 Å². The summed E-state index contributed by atoms with van der Waals surface area (Å²) in [7, 11) is 2.24. The lowest BCUT2D eigenvalue weighted by Gasteiger charge is -2.32. The van der Waals surface area contributed by atoms with Gasteiger partial charge in [0.1, 0.15) is 0 Å². The highest BCUT2D eigenvalue weighted by atomic mass is 15.1. The first-order chi connectivity index (χ1) is 7.86. The molecule has 1 atom stereocenters. The Kier molecular flexibility index (Phi) is 2.44. The molecule has 84 valence electrons. The molecular weight excluding hydrogens is 196 g/mol. The first-order valence-corrected chi connectivity index (χ1v) is 6.12. The molecule has 2 nitrogen and oxygen atoms in total. The van der Waals surface area contributed by atoms with Crippen molar-refractivity contribution in [2.45, 2.75) is 25.3 Å². The lowest BCUT2D eigenvalue weighted by atomic mass is 9.95. The third-order valence-corrected chi connectivity index (χ3v) is 3.75. The largest absolute Gasteiger partial charge is 0.361 e. The predicted octanol–water partition coefficient (Wildman–Crippen LogP) is 3.32. The minimum Gasteiger partial charge on any atom is -0.361 e. The van der Waals surface area contributed by atoms with Crippen molar-refractivity contribution in [2.24, 2.45) is 0 Å². The van der Waals surface area contributed by atoms with Gasteiger partial charge in [-0.1, -0.05) is 24.6 Å². The van der Waals surface area contributed by atoms with Gasteiger partial charge in [-0.3, -0.25) is 4.90 Å². The molecule has 0 bridgehead atoms. The average Bonchev–Trinajstić information content (AvgIpc) is 2.74. The Morgan fingerprint density at radius 2 is 2.12 bits per heavy atom. The minimum absolute atomic E-state index is 0.602. The molecule has 1 aromatic heterocycles. The fourth-order valence-corrected chi connectivity index (χ4v) is 2.84. The van der Waals surface area contributed by atoms with Crippen LogP contribution in [0.25, 0.3) is 10.9 Å². The minimum atomic E-state index is 0.602. The number of aromatic amines is 1. The molecule has 1 fully saturated rings. The van der Waals surface area contributed by atoms with Crippen molar-refractivity contribution in [3.05, 3.63) is 36.0 Å². The van der Waals surface area contributed by atoms with Crippen LogP contribution in [0.3, 0.4) is 0 Å². The van der Waals surface area contributed by atoms with Gasteiger partial charge in [-0.25, -0.2) is 0 Å². The number of nitrogens with one attached hydrogen (secondary N) is 1. The number of hydrogen-bond acceptors (Lipinski definition) is 1. The number of hydrogen-bond donors (Lipinski definition) is 1.